The van der Waals surface area contributed by atoms with Crippen LogP contribution in [0.1, 0.15) is 38.2 Å². The maximum atomic E-state index is 5.41. The van der Waals surface area contributed by atoms with Gasteiger partial charge in [-0.2, -0.15) is 0 Å². The molecule has 1 N–H and O–H groups in total. The Morgan fingerprint density at radius 3 is 2.62 bits per heavy atom. The highest BCUT2D eigenvalue weighted by Crippen LogP contribution is 2.29. The lowest BCUT2D eigenvalue weighted by Crippen LogP contribution is -2.33. The fourth-order valence-electron chi connectivity index (χ4n) is 2.91. The van der Waals surface area contributed by atoms with Gasteiger partial charge in [0.1, 0.15) is 0 Å². The highest BCUT2D eigenvalue weighted by molar-refractivity contribution is 5.43. The van der Waals surface area contributed by atoms with E-state index in [4.69, 9.17) is 9.47 Å². The number of rotatable bonds is 8. The largest absolute Gasteiger partial charge is 0.493 e. The van der Waals surface area contributed by atoms with Crippen LogP contribution >= 0.6 is 0 Å². The van der Waals surface area contributed by atoms with E-state index in [2.05, 4.69) is 30.4 Å². The van der Waals surface area contributed by atoms with Crippen LogP contribution in [-0.4, -0.2) is 26.8 Å². The van der Waals surface area contributed by atoms with Crippen LogP contribution in [0.5, 0.6) is 11.5 Å². The number of allylic oxidation sites excluding steroid dienone is 1. The van der Waals surface area contributed by atoms with Crippen LogP contribution in [-0.2, 0) is 6.42 Å². The van der Waals surface area contributed by atoms with Gasteiger partial charge in [-0.3, -0.25) is 0 Å². The van der Waals surface area contributed by atoms with Crippen molar-refractivity contribution < 1.29 is 9.47 Å². The second kappa shape index (κ2) is 8.08. The Morgan fingerprint density at radius 1 is 1.19 bits per heavy atom. The van der Waals surface area contributed by atoms with E-state index >= 15 is 0 Å². The molecule has 3 heteroatoms. The molecule has 1 aromatic carbocycles. The van der Waals surface area contributed by atoms with Crippen molar-refractivity contribution in [2.45, 2.75) is 45.1 Å². The summed E-state index contributed by atoms with van der Waals surface area (Å²) in [6.45, 7) is 3.28. The summed E-state index contributed by atoms with van der Waals surface area (Å²) in [5, 5.41) is 3.69. The SMILES string of the molecule is CCCNC(Cc1ccc(OC)c(OC)c1)C1=CCCC1. The fraction of sp³-hybridized carbons (Fsp3) is 0.556. The number of nitrogens with one attached hydrogen (secondary N) is 1. The van der Waals surface area contributed by atoms with Gasteiger partial charge in [0.05, 0.1) is 14.2 Å². The summed E-state index contributed by atoms with van der Waals surface area (Å²) in [4.78, 5) is 0. The van der Waals surface area contributed by atoms with Crippen LogP contribution in [0.25, 0.3) is 0 Å². The Hall–Kier alpha value is -1.48. The van der Waals surface area contributed by atoms with E-state index in [9.17, 15) is 0 Å². The Kier molecular flexibility index (Phi) is 6.12. The maximum absolute atomic E-state index is 5.41. The first-order valence-electron chi connectivity index (χ1n) is 7.91. The van der Waals surface area contributed by atoms with Crippen molar-refractivity contribution in [3.8, 4) is 11.5 Å². The number of ether oxygens (including phenoxy) is 2. The Labute approximate surface area is 128 Å². The minimum Gasteiger partial charge on any atom is -0.493 e. The number of hydrogen-bond acceptors (Lipinski definition) is 3. The summed E-state index contributed by atoms with van der Waals surface area (Å²) in [7, 11) is 3.36. The summed E-state index contributed by atoms with van der Waals surface area (Å²) in [5.41, 5.74) is 2.85. The third-order valence-corrected chi connectivity index (χ3v) is 4.05. The van der Waals surface area contributed by atoms with Crippen LogP contribution in [0.15, 0.2) is 29.8 Å². The van der Waals surface area contributed by atoms with Crippen LogP contribution in [0, 0.1) is 0 Å². The predicted octanol–water partition coefficient (Wildman–Crippen LogP) is 3.72. The lowest BCUT2D eigenvalue weighted by Gasteiger charge is -2.21. The molecule has 1 aromatic rings. The molecule has 1 aliphatic rings. The third kappa shape index (κ3) is 4.24. The van der Waals surface area contributed by atoms with Crippen molar-refractivity contribution in [2.24, 2.45) is 0 Å². The minimum absolute atomic E-state index is 0.450. The first-order valence-corrected chi connectivity index (χ1v) is 7.91. The van der Waals surface area contributed by atoms with Crippen LogP contribution in [0.3, 0.4) is 0 Å². The van der Waals surface area contributed by atoms with Crippen molar-refractivity contribution in [2.75, 3.05) is 20.8 Å². The summed E-state index contributed by atoms with van der Waals surface area (Å²) >= 11 is 0. The molecule has 1 unspecified atom stereocenters. The van der Waals surface area contributed by atoms with E-state index in [-0.39, 0.29) is 0 Å². The molecule has 21 heavy (non-hydrogen) atoms. The number of methoxy groups -OCH3 is 2. The molecule has 0 saturated heterocycles. The summed E-state index contributed by atoms with van der Waals surface area (Å²) < 4.78 is 10.7. The molecule has 0 fully saturated rings. The predicted molar refractivity (Wildman–Crippen MR) is 87.3 cm³/mol. The van der Waals surface area contributed by atoms with Gasteiger partial charge in [0.25, 0.3) is 0 Å². The van der Waals surface area contributed by atoms with Gasteiger partial charge in [-0.05, 0) is 56.3 Å². The highest BCUT2D eigenvalue weighted by atomic mass is 16.5. The standard InChI is InChI=1S/C18H27NO2/c1-4-11-19-16(15-7-5-6-8-15)12-14-9-10-17(20-2)18(13-14)21-3/h7,9-10,13,16,19H,4-6,8,11-12H2,1-3H3. The van der Waals surface area contributed by atoms with Gasteiger partial charge in [-0.15, -0.1) is 0 Å². The normalized spacial score (nSPS) is 15.7. The average Bonchev–Trinajstić information content (AvgIpc) is 3.05. The van der Waals surface area contributed by atoms with Gasteiger partial charge in [-0.1, -0.05) is 24.6 Å². The van der Waals surface area contributed by atoms with E-state index in [0.717, 1.165) is 30.9 Å². The van der Waals surface area contributed by atoms with Crippen LogP contribution in [0.4, 0.5) is 0 Å². The first-order chi connectivity index (χ1) is 10.3. The van der Waals surface area contributed by atoms with Gasteiger partial charge in [0.15, 0.2) is 11.5 Å². The van der Waals surface area contributed by atoms with Gasteiger partial charge in [0, 0.05) is 6.04 Å². The van der Waals surface area contributed by atoms with E-state index in [1.54, 1.807) is 19.8 Å². The van der Waals surface area contributed by atoms with E-state index in [1.807, 2.05) is 6.07 Å². The highest BCUT2D eigenvalue weighted by Gasteiger charge is 2.17. The van der Waals surface area contributed by atoms with Gasteiger partial charge >= 0.3 is 0 Å². The zero-order valence-corrected chi connectivity index (χ0v) is 13.4. The molecule has 0 aliphatic heterocycles. The molecule has 1 aliphatic carbocycles. The zero-order chi connectivity index (χ0) is 15.1. The van der Waals surface area contributed by atoms with Gasteiger partial charge in [-0.25, -0.2) is 0 Å². The van der Waals surface area contributed by atoms with Crippen molar-refractivity contribution in [1.82, 2.24) is 5.32 Å². The Bertz CT molecular complexity index is 482. The van der Waals surface area contributed by atoms with E-state index in [1.165, 1.54) is 24.8 Å². The smallest absolute Gasteiger partial charge is 0.160 e. The molecular weight excluding hydrogens is 262 g/mol. The topological polar surface area (TPSA) is 30.5 Å². The third-order valence-electron chi connectivity index (χ3n) is 4.05. The lowest BCUT2D eigenvalue weighted by atomic mass is 9.98. The molecule has 0 spiro atoms. The number of benzene rings is 1. The monoisotopic (exact) mass is 289 g/mol. The summed E-state index contributed by atoms with van der Waals surface area (Å²) in [5.74, 6) is 1.60. The summed E-state index contributed by atoms with van der Waals surface area (Å²) in [6.07, 6.45) is 8.34. The van der Waals surface area contributed by atoms with E-state index < -0.39 is 0 Å². The second-order valence-corrected chi connectivity index (χ2v) is 5.57. The minimum atomic E-state index is 0.450. The first kappa shape index (κ1) is 15.9. The molecule has 0 aromatic heterocycles. The average molecular weight is 289 g/mol. The van der Waals surface area contributed by atoms with Crippen molar-refractivity contribution in [3.05, 3.63) is 35.4 Å². The molecule has 2 rings (SSSR count). The summed E-state index contributed by atoms with van der Waals surface area (Å²) in [6, 6.07) is 6.67. The molecule has 0 saturated carbocycles. The molecular formula is C18H27NO2. The molecule has 1 atom stereocenters. The van der Waals surface area contributed by atoms with Crippen LogP contribution in [0.2, 0.25) is 0 Å². The second-order valence-electron chi connectivity index (χ2n) is 5.57. The quantitative estimate of drug-likeness (QED) is 0.740. The molecule has 0 radical (unpaired) electrons. The molecule has 0 bridgehead atoms. The molecule has 0 amide bonds. The number of hydrogen-bond donors (Lipinski definition) is 1. The maximum Gasteiger partial charge on any atom is 0.160 e. The van der Waals surface area contributed by atoms with Crippen molar-refractivity contribution in [3.63, 3.8) is 0 Å². The van der Waals surface area contributed by atoms with Crippen molar-refractivity contribution in [1.29, 1.82) is 0 Å². The molecule has 116 valence electrons. The zero-order valence-electron chi connectivity index (χ0n) is 13.4. The van der Waals surface area contributed by atoms with Gasteiger partial charge in [0.2, 0.25) is 0 Å². The molecule has 3 nitrogen and oxygen atoms in total. The van der Waals surface area contributed by atoms with Crippen LogP contribution < -0.4 is 14.8 Å². The van der Waals surface area contributed by atoms with Crippen molar-refractivity contribution >= 4 is 0 Å². The Morgan fingerprint density at radius 2 is 2.00 bits per heavy atom. The fourth-order valence-corrected chi connectivity index (χ4v) is 2.91. The lowest BCUT2D eigenvalue weighted by molar-refractivity contribution is 0.354. The Balaban J connectivity index is 2.11. The molecule has 0 heterocycles. The van der Waals surface area contributed by atoms with E-state index in [0.29, 0.717) is 6.04 Å². The van der Waals surface area contributed by atoms with Gasteiger partial charge < -0.3 is 14.8 Å².